The molecule has 0 radical (unpaired) electrons. The number of hydroxylamine groups is 2. The predicted octanol–water partition coefficient (Wildman–Crippen LogP) is 3.51. The van der Waals surface area contributed by atoms with Crippen LogP contribution in [0.1, 0.15) is 18.1 Å². The Labute approximate surface area is 170 Å². The molecule has 0 saturated carbocycles. The second-order valence-corrected chi connectivity index (χ2v) is 6.39. The first kappa shape index (κ1) is 20.7. The van der Waals surface area contributed by atoms with Crippen LogP contribution in [0, 0.1) is 20.2 Å². The van der Waals surface area contributed by atoms with Gasteiger partial charge in [-0.2, -0.15) is 0 Å². The van der Waals surface area contributed by atoms with Crippen LogP contribution in [0.3, 0.4) is 0 Å². The van der Waals surface area contributed by atoms with Crippen LogP contribution in [-0.4, -0.2) is 32.3 Å². The van der Waals surface area contributed by atoms with Crippen LogP contribution in [0.15, 0.2) is 60.2 Å². The number of phenolic OH excluding ortho intramolecular Hbond substituents is 1. The van der Waals surface area contributed by atoms with Crippen molar-refractivity contribution in [1.29, 1.82) is 0 Å². The van der Waals surface area contributed by atoms with Crippen molar-refractivity contribution >= 4 is 23.4 Å². The topological polar surface area (TPSA) is 136 Å². The number of phenols is 1. The third-order valence-corrected chi connectivity index (χ3v) is 4.52. The summed E-state index contributed by atoms with van der Waals surface area (Å²) in [6, 6.07) is 9.95. The number of carbonyl (C=O) groups is 1. The van der Waals surface area contributed by atoms with Crippen LogP contribution in [0.5, 0.6) is 5.75 Å². The van der Waals surface area contributed by atoms with Crippen LogP contribution in [0.4, 0.5) is 11.4 Å². The van der Waals surface area contributed by atoms with Gasteiger partial charge in [-0.05, 0) is 6.92 Å². The molecule has 0 aromatic heterocycles. The van der Waals surface area contributed by atoms with E-state index in [2.05, 4.69) is 0 Å². The van der Waals surface area contributed by atoms with E-state index in [1.54, 1.807) is 49.4 Å². The third kappa shape index (κ3) is 3.89. The fourth-order valence-electron chi connectivity index (χ4n) is 3.16. The Bertz CT molecular complexity index is 1060. The standard InChI is InChI=1S/C20H17N3O7/c1-2-6-17-16(12-24)20(13-7-4-3-5-8-13)30-21(17)11-14-9-15(22(26)27)10-18(19(14)25)23(28)29/h2-10,12,17,25H,11H2,1H3. The van der Waals surface area contributed by atoms with Gasteiger partial charge in [0.05, 0.1) is 34.1 Å². The van der Waals surface area contributed by atoms with Gasteiger partial charge < -0.3 is 9.94 Å². The second-order valence-electron chi connectivity index (χ2n) is 6.39. The predicted molar refractivity (Wildman–Crippen MR) is 106 cm³/mol. The number of aldehydes is 1. The summed E-state index contributed by atoms with van der Waals surface area (Å²) in [5, 5.41) is 34.0. The molecule has 0 aliphatic carbocycles. The van der Waals surface area contributed by atoms with Crippen molar-refractivity contribution in [3.05, 3.63) is 91.5 Å². The number of non-ortho nitro benzene ring substituents is 1. The first-order valence-corrected chi connectivity index (χ1v) is 8.84. The number of hydrogen-bond donors (Lipinski definition) is 1. The molecular weight excluding hydrogens is 394 g/mol. The molecule has 1 unspecified atom stereocenters. The van der Waals surface area contributed by atoms with Gasteiger partial charge in [-0.3, -0.25) is 25.0 Å². The van der Waals surface area contributed by atoms with Crippen molar-refractivity contribution in [3.8, 4) is 5.75 Å². The zero-order valence-corrected chi connectivity index (χ0v) is 15.8. The van der Waals surface area contributed by atoms with Gasteiger partial charge in [0.25, 0.3) is 5.69 Å². The highest BCUT2D eigenvalue weighted by Crippen LogP contribution is 2.39. The lowest BCUT2D eigenvalue weighted by Gasteiger charge is -2.22. The van der Waals surface area contributed by atoms with E-state index in [4.69, 9.17) is 4.84 Å². The maximum atomic E-state index is 11.8. The van der Waals surface area contributed by atoms with E-state index in [-0.39, 0.29) is 12.1 Å². The summed E-state index contributed by atoms with van der Waals surface area (Å²) in [6.07, 6.45) is 4.04. The number of rotatable bonds is 7. The normalized spacial score (nSPS) is 16.6. The minimum atomic E-state index is -0.898. The minimum Gasteiger partial charge on any atom is -0.502 e. The molecule has 154 valence electrons. The van der Waals surface area contributed by atoms with Crippen LogP contribution in [0.2, 0.25) is 0 Å². The SMILES string of the molecule is CC=CC1C(C=O)=C(c2ccccc2)ON1Cc1cc([N+](=O)[O-])cc([N+](=O)[O-])c1O. The van der Waals surface area contributed by atoms with Crippen molar-refractivity contribution in [2.75, 3.05) is 0 Å². The lowest BCUT2D eigenvalue weighted by molar-refractivity contribution is -0.394. The van der Waals surface area contributed by atoms with E-state index in [0.717, 1.165) is 6.07 Å². The van der Waals surface area contributed by atoms with Crippen LogP contribution in [0.25, 0.3) is 5.76 Å². The number of nitro groups is 2. The van der Waals surface area contributed by atoms with Crippen molar-refractivity contribution in [1.82, 2.24) is 5.06 Å². The molecule has 0 saturated heterocycles. The van der Waals surface area contributed by atoms with Crippen molar-refractivity contribution in [2.24, 2.45) is 0 Å². The molecule has 1 heterocycles. The Balaban J connectivity index is 2.04. The Morgan fingerprint density at radius 2 is 1.87 bits per heavy atom. The lowest BCUT2D eigenvalue weighted by Crippen LogP contribution is -2.29. The molecule has 1 aliphatic heterocycles. The van der Waals surface area contributed by atoms with E-state index < -0.39 is 33.0 Å². The molecule has 3 rings (SSSR count). The molecular formula is C20H17N3O7. The average molecular weight is 411 g/mol. The summed E-state index contributed by atoms with van der Waals surface area (Å²) in [4.78, 5) is 38.3. The van der Waals surface area contributed by atoms with Gasteiger partial charge >= 0.3 is 5.69 Å². The highest BCUT2D eigenvalue weighted by atomic mass is 16.7. The summed E-state index contributed by atoms with van der Waals surface area (Å²) >= 11 is 0. The smallest absolute Gasteiger partial charge is 0.317 e. The lowest BCUT2D eigenvalue weighted by atomic mass is 10.0. The van der Waals surface area contributed by atoms with Crippen LogP contribution in [-0.2, 0) is 16.2 Å². The number of nitro benzene ring substituents is 2. The number of hydrogen-bond acceptors (Lipinski definition) is 8. The first-order valence-electron chi connectivity index (χ1n) is 8.84. The molecule has 1 N–H and O–H groups in total. The van der Waals surface area contributed by atoms with E-state index in [9.17, 15) is 30.1 Å². The number of benzene rings is 2. The van der Waals surface area contributed by atoms with Gasteiger partial charge in [-0.15, -0.1) is 5.06 Å². The van der Waals surface area contributed by atoms with Crippen LogP contribution >= 0.6 is 0 Å². The highest BCUT2D eigenvalue weighted by molar-refractivity contribution is 5.89. The molecule has 10 heteroatoms. The molecule has 0 fully saturated rings. The number of nitrogens with zero attached hydrogens (tertiary/aromatic N) is 3. The van der Waals surface area contributed by atoms with Crippen molar-refractivity contribution in [2.45, 2.75) is 19.5 Å². The largest absolute Gasteiger partial charge is 0.502 e. The molecule has 0 bridgehead atoms. The van der Waals surface area contributed by atoms with Gasteiger partial charge in [0.15, 0.2) is 17.8 Å². The van der Waals surface area contributed by atoms with Gasteiger partial charge in [0.2, 0.25) is 0 Å². The third-order valence-electron chi connectivity index (χ3n) is 4.52. The Hall–Kier alpha value is -4.05. The molecule has 1 atom stereocenters. The molecule has 10 nitrogen and oxygen atoms in total. The zero-order chi connectivity index (χ0) is 21.8. The second kappa shape index (κ2) is 8.53. The van der Waals surface area contributed by atoms with E-state index in [1.807, 2.05) is 0 Å². The van der Waals surface area contributed by atoms with E-state index in [0.29, 0.717) is 29.2 Å². The number of carbonyl (C=O) groups excluding carboxylic acids is 1. The molecule has 0 spiro atoms. The summed E-state index contributed by atoms with van der Waals surface area (Å²) < 4.78 is 0. The van der Waals surface area contributed by atoms with Gasteiger partial charge in [-0.1, -0.05) is 42.5 Å². The maximum absolute atomic E-state index is 11.8. The minimum absolute atomic E-state index is 0.0787. The monoisotopic (exact) mass is 411 g/mol. The Morgan fingerprint density at radius 1 is 1.17 bits per heavy atom. The maximum Gasteiger partial charge on any atom is 0.317 e. The van der Waals surface area contributed by atoms with E-state index >= 15 is 0 Å². The van der Waals surface area contributed by atoms with E-state index in [1.165, 1.54) is 5.06 Å². The number of allylic oxidation sites excluding steroid dienone is 1. The van der Waals surface area contributed by atoms with Crippen molar-refractivity contribution < 1.29 is 24.6 Å². The first-order chi connectivity index (χ1) is 14.4. The van der Waals surface area contributed by atoms with Crippen LogP contribution < -0.4 is 0 Å². The summed E-state index contributed by atoms with van der Waals surface area (Å²) in [6.45, 7) is 1.51. The molecule has 1 aliphatic rings. The number of aromatic hydroxyl groups is 1. The summed E-state index contributed by atoms with van der Waals surface area (Å²) in [5.74, 6) is -0.401. The molecule has 2 aromatic rings. The van der Waals surface area contributed by atoms with Crippen molar-refractivity contribution in [3.63, 3.8) is 0 Å². The zero-order valence-electron chi connectivity index (χ0n) is 15.8. The van der Waals surface area contributed by atoms with Gasteiger partial charge in [-0.25, -0.2) is 0 Å². The molecule has 30 heavy (non-hydrogen) atoms. The fraction of sp³-hybridized carbons (Fsp3) is 0.150. The summed E-state index contributed by atoms with van der Waals surface area (Å²) in [5.41, 5.74) is -0.439. The quantitative estimate of drug-likeness (QED) is 0.316. The average Bonchev–Trinajstić information content (AvgIpc) is 3.07. The Kier molecular flexibility index (Phi) is 5.88. The summed E-state index contributed by atoms with van der Waals surface area (Å²) in [7, 11) is 0. The Morgan fingerprint density at radius 3 is 2.43 bits per heavy atom. The highest BCUT2D eigenvalue weighted by Gasteiger charge is 2.35. The molecule has 2 aromatic carbocycles. The molecule has 0 amide bonds. The fourth-order valence-corrected chi connectivity index (χ4v) is 3.16. The van der Waals surface area contributed by atoms with Gasteiger partial charge in [0, 0.05) is 17.2 Å². The van der Waals surface area contributed by atoms with Gasteiger partial charge in [0.1, 0.15) is 0 Å².